The maximum atomic E-state index is 12.1. The second-order valence-corrected chi connectivity index (χ2v) is 4.97. The van der Waals surface area contributed by atoms with Crippen LogP contribution in [0.5, 0.6) is 0 Å². The average Bonchev–Trinajstić information content (AvgIpc) is 2.59. The highest BCUT2D eigenvalue weighted by atomic mass is 16.6. The SMILES string of the molecule is COC(=O)c1ccc(COC(=O)c2cccc([N+](=O)[O-])c2C)cc1. The van der Waals surface area contributed by atoms with Crippen molar-refractivity contribution < 1.29 is 24.0 Å². The molecule has 0 spiro atoms. The fraction of sp³-hybridized carbons (Fsp3) is 0.176. The third-order valence-electron chi connectivity index (χ3n) is 3.47. The summed E-state index contributed by atoms with van der Waals surface area (Å²) < 4.78 is 9.78. The van der Waals surface area contributed by atoms with Crippen LogP contribution < -0.4 is 0 Å². The Hall–Kier alpha value is -3.22. The van der Waals surface area contributed by atoms with Crippen LogP contribution in [0.25, 0.3) is 0 Å². The fourth-order valence-electron chi connectivity index (χ4n) is 2.12. The van der Waals surface area contributed by atoms with Crippen LogP contribution in [0, 0.1) is 17.0 Å². The van der Waals surface area contributed by atoms with Gasteiger partial charge < -0.3 is 9.47 Å². The van der Waals surface area contributed by atoms with Gasteiger partial charge in [0, 0.05) is 11.6 Å². The first-order valence-electron chi connectivity index (χ1n) is 7.02. The molecule has 0 atom stereocenters. The first-order valence-corrected chi connectivity index (χ1v) is 7.02. The first-order chi connectivity index (χ1) is 11.4. The van der Waals surface area contributed by atoms with Crippen LogP contribution in [0.4, 0.5) is 5.69 Å². The normalized spacial score (nSPS) is 10.1. The van der Waals surface area contributed by atoms with Crippen molar-refractivity contribution in [2.75, 3.05) is 7.11 Å². The maximum absolute atomic E-state index is 12.1. The molecule has 0 amide bonds. The number of hydrogen-bond acceptors (Lipinski definition) is 6. The molecule has 0 aliphatic rings. The van der Waals surface area contributed by atoms with E-state index < -0.39 is 16.9 Å². The van der Waals surface area contributed by atoms with E-state index in [0.717, 1.165) is 0 Å². The van der Waals surface area contributed by atoms with E-state index in [1.54, 1.807) is 24.3 Å². The highest BCUT2D eigenvalue weighted by Gasteiger charge is 2.19. The van der Waals surface area contributed by atoms with Crippen LogP contribution in [0.3, 0.4) is 0 Å². The van der Waals surface area contributed by atoms with Crippen molar-refractivity contribution in [3.05, 3.63) is 74.8 Å². The standard InChI is InChI=1S/C17H15NO6/c1-11-14(4-3-5-15(11)18(21)22)17(20)24-10-12-6-8-13(9-7-12)16(19)23-2/h3-9H,10H2,1-2H3. The van der Waals surface area contributed by atoms with E-state index in [1.165, 1.54) is 32.2 Å². The minimum absolute atomic E-state index is 0.0115. The highest BCUT2D eigenvalue weighted by molar-refractivity contribution is 5.92. The number of nitro benzene ring substituents is 1. The lowest BCUT2D eigenvalue weighted by Gasteiger charge is -2.08. The summed E-state index contributed by atoms with van der Waals surface area (Å²) in [4.78, 5) is 33.8. The van der Waals surface area contributed by atoms with Crippen molar-refractivity contribution in [1.29, 1.82) is 0 Å². The van der Waals surface area contributed by atoms with Gasteiger partial charge in [0.05, 0.1) is 23.2 Å². The molecule has 124 valence electrons. The number of ether oxygens (including phenoxy) is 2. The summed E-state index contributed by atoms with van der Waals surface area (Å²) in [6.45, 7) is 1.49. The van der Waals surface area contributed by atoms with E-state index in [2.05, 4.69) is 4.74 Å². The van der Waals surface area contributed by atoms with Gasteiger partial charge in [-0.2, -0.15) is 0 Å². The van der Waals surface area contributed by atoms with Crippen LogP contribution in [-0.2, 0) is 16.1 Å². The van der Waals surface area contributed by atoms with Gasteiger partial charge in [0.25, 0.3) is 5.69 Å². The minimum Gasteiger partial charge on any atom is -0.465 e. The third kappa shape index (κ3) is 3.75. The second kappa shape index (κ2) is 7.36. The summed E-state index contributed by atoms with van der Waals surface area (Å²) in [7, 11) is 1.29. The van der Waals surface area contributed by atoms with Crippen LogP contribution in [-0.4, -0.2) is 24.0 Å². The molecule has 0 aliphatic heterocycles. The van der Waals surface area contributed by atoms with Gasteiger partial charge in [-0.05, 0) is 30.7 Å². The number of benzene rings is 2. The smallest absolute Gasteiger partial charge is 0.338 e. The topological polar surface area (TPSA) is 95.7 Å². The third-order valence-corrected chi connectivity index (χ3v) is 3.47. The zero-order valence-corrected chi connectivity index (χ0v) is 13.1. The predicted octanol–water partition coefficient (Wildman–Crippen LogP) is 3.05. The molecule has 0 radical (unpaired) electrons. The molecule has 7 nitrogen and oxygen atoms in total. The van der Waals surface area contributed by atoms with Gasteiger partial charge in [-0.15, -0.1) is 0 Å². The largest absolute Gasteiger partial charge is 0.465 e. The summed E-state index contributed by atoms with van der Waals surface area (Å²) in [5.74, 6) is -1.10. The molecule has 0 N–H and O–H groups in total. The molecule has 0 aromatic heterocycles. The molecule has 0 saturated carbocycles. The van der Waals surface area contributed by atoms with Crippen molar-refractivity contribution in [3.8, 4) is 0 Å². The highest BCUT2D eigenvalue weighted by Crippen LogP contribution is 2.22. The van der Waals surface area contributed by atoms with Gasteiger partial charge in [0.15, 0.2) is 0 Å². The van der Waals surface area contributed by atoms with Crippen molar-refractivity contribution in [2.24, 2.45) is 0 Å². The number of carbonyl (C=O) groups is 2. The van der Waals surface area contributed by atoms with Gasteiger partial charge >= 0.3 is 11.9 Å². The number of rotatable bonds is 5. The summed E-state index contributed by atoms with van der Waals surface area (Å²) >= 11 is 0. The van der Waals surface area contributed by atoms with E-state index in [4.69, 9.17) is 4.74 Å². The molecule has 0 fully saturated rings. The summed E-state index contributed by atoms with van der Waals surface area (Å²) in [5, 5.41) is 10.9. The number of methoxy groups -OCH3 is 1. The summed E-state index contributed by atoms with van der Waals surface area (Å²) in [5.41, 5.74) is 1.34. The molecule has 7 heteroatoms. The molecule has 0 heterocycles. The van der Waals surface area contributed by atoms with Crippen molar-refractivity contribution in [1.82, 2.24) is 0 Å². The van der Waals surface area contributed by atoms with Gasteiger partial charge in [-0.25, -0.2) is 9.59 Å². The second-order valence-electron chi connectivity index (χ2n) is 4.97. The lowest BCUT2D eigenvalue weighted by atomic mass is 10.1. The monoisotopic (exact) mass is 329 g/mol. The van der Waals surface area contributed by atoms with Crippen LogP contribution in [0.1, 0.15) is 31.8 Å². The Bertz CT molecular complexity index is 782. The fourth-order valence-corrected chi connectivity index (χ4v) is 2.12. The zero-order valence-electron chi connectivity index (χ0n) is 13.1. The van der Waals surface area contributed by atoms with Gasteiger partial charge in [0.2, 0.25) is 0 Å². The van der Waals surface area contributed by atoms with Crippen molar-refractivity contribution >= 4 is 17.6 Å². The van der Waals surface area contributed by atoms with E-state index >= 15 is 0 Å². The Morgan fingerprint density at radius 3 is 2.33 bits per heavy atom. The van der Waals surface area contributed by atoms with Crippen LogP contribution in [0.15, 0.2) is 42.5 Å². The Labute approximate surface area is 138 Å². The van der Waals surface area contributed by atoms with Crippen molar-refractivity contribution in [2.45, 2.75) is 13.5 Å². The first kappa shape index (κ1) is 17.1. The maximum Gasteiger partial charge on any atom is 0.338 e. The molecule has 2 rings (SSSR count). The number of carbonyl (C=O) groups excluding carboxylic acids is 2. The van der Waals surface area contributed by atoms with Crippen LogP contribution >= 0.6 is 0 Å². The van der Waals surface area contributed by atoms with E-state index in [-0.39, 0.29) is 23.4 Å². The Morgan fingerprint density at radius 2 is 1.75 bits per heavy atom. The number of nitro groups is 1. The lowest BCUT2D eigenvalue weighted by Crippen LogP contribution is -2.08. The summed E-state index contributed by atoms with van der Waals surface area (Å²) in [6, 6.07) is 10.6. The minimum atomic E-state index is -0.645. The molecular weight excluding hydrogens is 314 g/mol. The summed E-state index contributed by atoms with van der Waals surface area (Å²) in [6.07, 6.45) is 0. The molecule has 0 aliphatic carbocycles. The molecular formula is C17H15NO6. The van der Waals surface area contributed by atoms with E-state index in [9.17, 15) is 19.7 Å². The molecule has 0 bridgehead atoms. The lowest BCUT2D eigenvalue weighted by molar-refractivity contribution is -0.385. The quantitative estimate of drug-likeness (QED) is 0.475. The molecule has 0 unspecified atom stereocenters. The molecule has 24 heavy (non-hydrogen) atoms. The Balaban J connectivity index is 2.07. The van der Waals surface area contributed by atoms with E-state index in [0.29, 0.717) is 11.1 Å². The van der Waals surface area contributed by atoms with Gasteiger partial charge in [-0.3, -0.25) is 10.1 Å². The zero-order chi connectivity index (χ0) is 17.7. The predicted molar refractivity (Wildman–Crippen MR) is 84.7 cm³/mol. The number of nitrogens with zero attached hydrogens (tertiary/aromatic N) is 1. The average molecular weight is 329 g/mol. The van der Waals surface area contributed by atoms with Gasteiger partial charge in [0.1, 0.15) is 6.61 Å². The molecule has 2 aromatic rings. The van der Waals surface area contributed by atoms with Crippen molar-refractivity contribution in [3.63, 3.8) is 0 Å². The van der Waals surface area contributed by atoms with E-state index in [1.807, 2.05) is 0 Å². The molecule has 0 saturated heterocycles. The van der Waals surface area contributed by atoms with Gasteiger partial charge in [-0.1, -0.05) is 18.2 Å². The molecule has 2 aromatic carbocycles. The van der Waals surface area contributed by atoms with Crippen LogP contribution in [0.2, 0.25) is 0 Å². The Morgan fingerprint density at radius 1 is 1.08 bits per heavy atom. The Kier molecular flexibility index (Phi) is 5.26. The number of esters is 2. The number of hydrogen-bond donors (Lipinski definition) is 0.